The van der Waals surface area contributed by atoms with Gasteiger partial charge in [-0.3, -0.25) is 4.79 Å². The summed E-state index contributed by atoms with van der Waals surface area (Å²) in [6.07, 6.45) is 15.9. The van der Waals surface area contributed by atoms with Gasteiger partial charge in [0.2, 0.25) is 0 Å². The second kappa shape index (κ2) is 13.5. The van der Waals surface area contributed by atoms with E-state index in [1.54, 1.807) is 5.57 Å². The van der Waals surface area contributed by atoms with Crippen molar-refractivity contribution in [3.63, 3.8) is 0 Å². The highest BCUT2D eigenvalue weighted by Gasteiger charge is 2.50. The molecule has 0 unspecified atom stereocenters. The molecule has 2 N–H and O–H groups in total. The maximum atomic E-state index is 12.8. The van der Waals surface area contributed by atoms with Crippen LogP contribution in [0.2, 0.25) is 0 Å². The van der Waals surface area contributed by atoms with Crippen LogP contribution in [0.25, 0.3) is 0 Å². The molecule has 0 heterocycles. The number of halogens is 3. The Bertz CT molecular complexity index is 1140. The van der Waals surface area contributed by atoms with Crippen molar-refractivity contribution in [1.82, 2.24) is 5.32 Å². The first-order chi connectivity index (χ1) is 19.6. The van der Waals surface area contributed by atoms with Gasteiger partial charge in [-0.25, -0.2) is 0 Å². The van der Waals surface area contributed by atoms with Crippen LogP contribution >= 0.6 is 11.8 Å². The Morgan fingerprint density at radius 3 is 2.52 bits per heavy atom. The Labute approximate surface area is 255 Å². The van der Waals surface area contributed by atoms with Crippen molar-refractivity contribution in [3.8, 4) is 0 Å². The van der Waals surface area contributed by atoms with Crippen LogP contribution in [0.1, 0.15) is 116 Å². The molecule has 0 aromatic heterocycles. The summed E-state index contributed by atoms with van der Waals surface area (Å²) in [7, 11) is 0. The number of rotatable bonds is 8. The van der Waals surface area contributed by atoms with E-state index in [4.69, 9.17) is 0 Å². The first-order valence-electron chi connectivity index (χ1n) is 15.9. The van der Waals surface area contributed by atoms with E-state index < -0.39 is 11.6 Å². The summed E-state index contributed by atoms with van der Waals surface area (Å²) < 4.78 is 37.9. The second-order valence-electron chi connectivity index (χ2n) is 14.6. The number of hydrogen-bond acceptors (Lipinski definition) is 3. The van der Waals surface area contributed by atoms with E-state index in [0.29, 0.717) is 41.6 Å². The number of fused-ring (bicyclic) bond motifs is 1. The highest BCUT2D eigenvalue weighted by atomic mass is 32.2. The molecule has 1 aromatic rings. The number of aliphatic hydroxyl groups excluding tert-OH is 1. The van der Waals surface area contributed by atoms with Crippen molar-refractivity contribution in [3.05, 3.63) is 53.1 Å². The molecule has 3 fully saturated rings. The summed E-state index contributed by atoms with van der Waals surface area (Å²) >= 11 is -0.193. The van der Waals surface area contributed by atoms with Crippen molar-refractivity contribution in [2.75, 3.05) is 0 Å². The first-order valence-corrected chi connectivity index (χ1v) is 16.7. The molecule has 7 heteroatoms. The highest BCUT2D eigenvalue weighted by Crippen LogP contribution is 2.60. The number of carbonyl (C=O) groups is 1. The van der Waals surface area contributed by atoms with E-state index in [1.165, 1.54) is 69.2 Å². The average Bonchev–Trinajstić information content (AvgIpc) is 3.23. The number of alkyl halides is 3. The van der Waals surface area contributed by atoms with Crippen LogP contribution in [-0.2, 0) is 0 Å². The molecule has 42 heavy (non-hydrogen) atoms. The van der Waals surface area contributed by atoms with E-state index in [1.807, 2.05) is 0 Å². The number of hydrogen-bond donors (Lipinski definition) is 2. The standard InChI is InChI=1S/C35H50F3NO2S/c1-23(8-6-18-33(2,3)4)30-16-17-31-25(9-7-19-34(30,31)5)11-10-24-20-27(22-28(40)21-24)39-32(41)26-12-14-29(15-13-26)42-35(36,37)38/h10-15,23,27-28,30-31,40H,6-9,16-22H2,1-5H3,(H,39,41)/b24-10+,25-11+/t23-,27+,28-,30-,31+,34-/m1/s1. The molecule has 0 aliphatic heterocycles. The quantitative estimate of drug-likeness (QED) is 0.290. The maximum absolute atomic E-state index is 12.8. The lowest BCUT2D eigenvalue weighted by molar-refractivity contribution is -0.0328. The molecular weight excluding hydrogens is 555 g/mol. The second-order valence-corrected chi connectivity index (χ2v) is 15.8. The van der Waals surface area contributed by atoms with Crippen molar-refractivity contribution in [2.45, 2.75) is 128 Å². The maximum Gasteiger partial charge on any atom is 0.446 e. The van der Waals surface area contributed by atoms with E-state index in [-0.39, 0.29) is 28.6 Å². The summed E-state index contributed by atoms with van der Waals surface area (Å²) in [6, 6.07) is 5.27. The van der Waals surface area contributed by atoms with E-state index in [2.05, 4.69) is 52.1 Å². The summed E-state index contributed by atoms with van der Waals surface area (Å²) in [5.74, 6) is 1.82. The van der Waals surface area contributed by atoms with Crippen LogP contribution in [0.3, 0.4) is 0 Å². The van der Waals surface area contributed by atoms with Crippen LogP contribution in [0.5, 0.6) is 0 Å². The predicted octanol–water partition coefficient (Wildman–Crippen LogP) is 9.86. The lowest BCUT2D eigenvalue weighted by Gasteiger charge is -2.44. The summed E-state index contributed by atoms with van der Waals surface area (Å²) in [5.41, 5.74) is -0.589. The van der Waals surface area contributed by atoms with Gasteiger partial charge in [-0.05, 0) is 122 Å². The summed E-state index contributed by atoms with van der Waals surface area (Å²) in [5, 5.41) is 13.6. The van der Waals surface area contributed by atoms with E-state index in [9.17, 15) is 23.1 Å². The Morgan fingerprint density at radius 1 is 1.14 bits per heavy atom. The molecule has 0 spiro atoms. The molecule has 3 saturated carbocycles. The van der Waals surface area contributed by atoms with Gasteiger partial charge in [0, 0.05) is 16.5 Å². The van der Waals surface area contributed by atoms with Crippen LogP contribution < -0.4 is 5.32 Å². The zero-order valence-electron chi connectivity index (χ0n) is 26.0. The monoisotopic (exact) mass is 605 g/mol. The third kappa shape index (κ3) is 8.90. The van der Waals surface area contributed by atoms with Gasteiger partial charge < -0.3 is 10.4 Å². The smallest absolute Gasteiger partial charge is 0.393 e. The van der Waals surface area contributed by atoms with Gasteiger partial charge in [-0.15, -0.1) is 0 Å². The van der Waals surface area contributed by atoms with Crippen molar-refractivity contribution in [1.29, 1.82) is 0 Å². The SMILES string of the molecule is C[C@H](CCCC(C)(C)C)[C@H]1CC[C@H]2/C(=C/C=C3/C[C@@H](O)C[C@@H](NC(=O)c4ccc(SC(F)(F)F)cc4)C3)CCC[C@]12C. The fourth-order valence-corrected chi connectivity index (χ4v) is 8.65. The number of benzene rings is 1. The largest absolute Gasteiger partial charge is 0.446 e. The summed E-state index contributed by atoms with van der Waals surface area (Å²) in [6.45, 7) is 12.0. The molecule has 3 aliphatic carbocycles. The Kier molecular flexibility index (Phi) is 10.7. The molecule has 3 aliphatic rings. The fourth-order valence-electron chi connectivity index (χ4n) is 8.12. The van der Waals surface area contributed by atoms with Crippen LogP contribution in [0, 0.1) is 28.6 Å². The average molecular weight is 606 g/mol. The number of thioether (sulfide) groups is 1. The topological polar surface area (TPSA) is 49.3 Å². The molecule has 6 atom stereocenters. The third-order valence-electron chi connectivity index (χ3n) is 10.1. The zero-order chi connectivity index (χ0) is 30.7. The number of carbonyl (C=O) groups excluding carboxylic acids is 1. The van der Waals surface area contributed by atoms with Crippen molar-refractivity contribution >= 4 is 17.7 Å². The van der Waals surface area contributed by atoms with Gasteiger partial charge in [-0.2, -0.15) is 13.2 Å². The highest BCUT2D eigenvalue weighted by molar-refractivity contribution is 8.00. The number of allylic oxidation sites excluding steroid dienone is 3. The minimum atomic E-state index is -4.36. The Morgan fingerprint density at radius 2 is 1.86 bits per heavy atom. The molecule has 0 radical (unpaired) electrons. The molecule has 1 aromatic carbocycles. The Balaban J connectivity index is 1.37. The molecule has 0 saturated heterocycles. The van der Waals surface area contributed by atoms with Gasteiger partial charge in [0.1, 0.15) is 0 Å². The van der Waals surface area contributed by atoms with Gasteiger partial charge in [0.15, 0.2) is 0 Å². The van der Waals surface area contributed by atoms with Crippen LogP contribution in [0.15, 0.2) is 52.5 Å². The van der Waals surface area contributed by atoms with E-state index in [0.717, 1.165) is 23.8 Å². The van der Waals surface area contributed by atoms with E-state index >= 15 is 0 Å². The third-order valence-corrected chi connectivity index (χ3v) is 10.8. The normalized spacial score (nSPS) is 31.3. The molecule has 1 amide bonds. The molecule has 3 nitrogen and oxygen atoms in total. The molecular formula is C35H50F3NO2S. The van der Waals surface area contributed by atoms with Gasteiger partial charge in [-0.1, -0.05) is 70.8 Å². The predicted molar refractivity (Wildman–Crippen MR) is 166 cm³/mol. The minimum absolute atomic E-state index is 0.0489. The van der Waals surface area contributed by atoms with Gasteiger partial charge in [0.25, 0.3) is 5.91 Å². The molecule has 234 valence electrons. The zero-order valence-corrected chi connectivity index (χ0v) is 26.8. The molecule has 0 bridgehead atoms. The van der Waals surface area contributed by atoms with Crippen molar-refractivity contribution in [2.24, 2.45) is 28.6 Å². The summed E-state index contributed by atoms with van der Waals surface area (Å²) in [4.78, 5) is 12.9. The first kappa shape index (κ1) is 33.2. The number of aliphatic hydroxyl groups is 1. The number of amides is 1. The van der Waals surface area contributed by atoms with Gasteiger partial charge in [0.05, 0.1) is 6.10 Å². The number of nitrogens with one attached hydrogen (secondary N) is 1. The van der Waals surface area contributed by atoms with Crippen LogP contribution in [0.4, 0.5) is 13.2 Å². The fraction of sp³-hybridized carbons (Fsp3) is 0.686. The molecule has 4 rings (SSSR count). The van der Waals surface area contributed by atoms with Crippen molar-refractivity contribution < 1.29 is 23.1 Å². The van der Waals surface area contributed by atoms with Gasteiger partial charge >= 0.3 is 5.51 Å². The van der Waals surface area contributed by atoms with Crippen LogP contribution in [-0.4, -0.2) is 28.7 Å². The lowest BCUT2D eigenvalue weighted by Crippen LogP contribution is -2.40. The Hall–Kier alpha value is -1.73. The lowest BCUT2D eigenvalue weighted by atomic mass is 9.60. The minimum Gasteiger partial charge on any atom is -0.393 e.